The van der Waals surface area contributed by atoms with E-state index in [0.717, 1.165) is 44.4 Å². The third-order valence-electron chi connectivity index (χ3n) is 9.49. The van der Waals surface area contributed by atoms with Crippen LogP contribution < -0.4 is 5.32 Å². The van der Waals surface area contributed by atoms with Crippen LogP contribution in [0.15, 0.2) is 103 Å². The largest absolute Gasteiger partial charge is 0.471 e. The Kier molecular flexibility index (Phi) is 9.90. The maximum Gasteiger partial charge on any atom is 0.471 e. The highest BCUT2D eigenvalue weighted by molar-refractivity contribution is 5.90. The smallest absolute Gasteiger partial charge is 0.392 e. The van der Waals surface area contributed by atoms with E-state index in [-0.39, 0.29) is 38.3 Å². The van der Waals surface area contributed by atoms with Crippen molar-refractivity contribution in [2.24, 2.45) is 0 Å². The first-order chi connectivity index (χ1) is 24.7. The Bertz CT molecular complexity index is 2010. The van der Waals surface area contributed by atoms with Gasteiger partial charge in [-0.15, -0.1) is 0 Å². The zero-order chi connectivity index (χ0) is 35.5. The molecule has 0 saturated carbocycles. The summed E-state index contributed by atoms with van der Waals surface area (Å²) in [5.41, 5.74) is 7.04. The topological polar surface area (TPSA) is 106 Å². The SMILES string of the molecule is O=C(NCc1cccc(-c2cccc([C@H]3O[C@@H](Cn4cnc5ccccc54)C[C@@H](c4ccc(CO)cc4)O3)c2)c1)[C@@H]1CCCN1C(=O)C(F)(F)F. The third-order valence-corrected chi connectivity index (χ3v) is 9.49. The van der Waals surface area contributed by atoms with Crippen molar-refractivity contribution in [3.63, 3.8) is 0 Å². The molecule has 0 aliphatic carbocycles. The fourth-order valence-corrected chi connectivity index (χ4v) is 6.89. The van der Waals surface area contributed by atoms with Crippen LogP contribution in [0.2, 0.25) is 0 Å². The number of halogens is 3. The Morgan fingerprint density at radius 2 is 1.65 bits per heavy atom. The summed E-state index contributed by atoms with van der Waals surface area (Å²) < 4.78 is 54.5. The van der Waals surface area contributed by atoms with Crippen LogP contribution in [-0.2, 0) is 38.8 Å². The number of ether oxygens (including phenoxy) is 2. The van der Waals surface area contributed by atoms with Gasteiger partial charge in [-0.3, -0.25) is 9.59 Å². The van der Waals surface area contributed by atoms with Gasteiger partial charge in [-0.1, -0.05) is 72.8 Å². The van der Waals surface area contributed by atoms with Gasteiger partial charge in [-0.25, -0.2) is 4.98 Å². The van der Waals surface area contributed by atoms with Crippen LogP contribution in [0.3, 0.4) is 0 Å². The Hall–Kier alpha value is -5.04. The Labute approximate surface area is 292 Å². The molecule has 4 atom stereocenters. The minimum Gasteiger partial charge on any atom is -0.392 e. The number of hydrogen-bond donors (Lipinski definition) is 2. The second-order valence-electron chi connectivity index (χ2n) is 12.9. The molecule has 0 spiro atoms. The van der Waals surface area contributed by atoms with Crippen LogP contribution in [0.25, 0.3) is 22.2 Å². The number of aliphatic hydroxyl groups is 1. The maximum atomic E-state index is 13.1. The summed E-state index contributed by atoms with van der Waals surface area (Å²) in [4.78, 5) is 29.9. The van der Waals surface area contributed by atoms with Crippen LogP contribution >= 0.6 is 0 Å². The van der Waals surface area contributed by atoms with E-state index in [2.05, 4.69) is 14.9 Å². The number of likely N-dealkylation sites (tertiary alicyclic amines) is 1. The molecule has 7 rings (SSSR count). The number of rotatable bonds is 9. The average molecular weight is 699 g/mol. The van der Waals surface area contributed by atoms with Gasteiger partial charge in [0.05, 0.1) is 42.7 Å². The summed E-state index contributed by atoms with van der Waals surface area (Å²) in [7, 11) is 0. The second kappa shape index (κ2) is 14.7. The van der Waals surface area contributed by atoms with E-state index >= 15 is 0 Å². The molecule has 3 heterocycles. The molecule has 2 saturated heterocycles. The van der Waals surface area contributed by atoms with Crippen molar-refractivity contribution in [1.29, 1.82) is 0 Å². The number of carbonyl (C=O) groups excluding carboxylic acids is 2. The number of alkyl halides is 3. The van der Waals surface area contributed by atoms with Crippen molar-refractivity contribution >= 4 is 22.8 Å². The predicted molar refractivity (Wildman–Crippen MR) is 183 cm³/mol. The second-order valence-corrected chi connectivity index (χ2v) is 12.9. The molecular weight excluding hydrogens is 661 g/mol. The lowest BCUT2D eigenvalue weighted by Gasteiger charge is -2.36. The van der Waals surface area contributed by atoms with Gasteiger partial charge in [-0.05, 0) is 64.9 Å². The normalized spacial score (nSPS) is 20.8. The van der Waals surface area contributed by atoms with Crippen molar-refractivity contribution in [2.45, 2.75) is 69.7 Å². The molecule has 0 unspecified atom stereocenters. The van der Waals surface area contributed by atoms with E-state index in [9.17, 15) is 27.9 Å². The first-order valence-electron chi connectivity index (χ1n) is 16.9. The summed E-state index contributed by atoms with van der Waals surface area (Å²) in [6, 6.07) is 29.9. The van der Waals surface area contributed by atoms with Crippen molar-refractivity contribution in [2.75, 3.05) is 6.54 Å². The first kappa shape index (κ1) is 34.4. The fourth-order valence-electron chi connectivity index (χ4n) is 6.89. The van der Waals surface area contributed by atoms with E-state index < -0.39 is 30.3 Å². The molecule has 2 aliphatic rings. The van der Waals surface area contributed by atoms with E-state index in [1.54, 1.807) is 0 Å². The van der Waals surface area contributed by atoms with Crippen LogP contribution in [0.1, 0.15) is 53.9 Å². The molecule has 2 fully saturated rings. The van der Waals surface area contributed by atoms with Crippen molar-refractivity contribution in [3.05, 3.63) is 126 Å². The van der Waals surface area contributed by atoms with E-state index in [1.165, 1.54) is 0 Å². The number of fused-ring (bicyclic) bond motifs is 1. The average Bonchev–Trinajstić information content (AvgIpc) is 3.81. The number of aromatic nitrogens is 2. The predicted octanol–water partition coefficient (Wildman–Crippen LogP) is 6.61. The minimum atomic E-state index is -5.03. The fraction of sp³-hybridized carbons (Fsp3) is 0.308. The van der Waals surface area contributed by atoms with Crippen molar-refractivity contribution in [1.82, 2.24) is 19.8 Å². The highest BCUT2D eigenvalue weighted by atomic mass is 19.4. The summed E-state index contributed by atoms with van der Waals surface area (Å²) >= 11 is 0. The van der Waals surface area contributed by atoms with E-state index in [4.69, 9.17) is 9.47 Å². The highest BCUT2D eigenvalue weighted by Gasteiger charge is 2.47. The van der Waals surface area contributed by atoms with E-state index in [0.29, 0.717) is 24.3 Å². The summed E-state index contributed by atoms with van der Waals surface area (Å²) in [5.74, 6) is -2.59. The van der Waals surface area contributed by atoms with Crippen LogP contribution in [0.4, 0.5) is 13.2 Å². The molecule has 12 heteroatoms. The van der Waals surface area contributed by atoms with Gasteiger partial charge in [0.25, 0.3) is 0 Å². The molecule has 51 heavy (non-hydrogen) atoms. The first-order valence-corrected chi connectivity index (χ1v) is 16.9. The molecule has 9 nitrogen and oxygen atoms in total. The minimum absolute atomic E-state index is 0.0453. The molecule has 1 aromatic heterocycles. The number of nitrogens with zero attached hydrogens (tertiary/aromatic N) is 3. The van der Waals surface area contributed by atoms with Gasteiger partial charge in [0, 0.05) is 25.1 Å². The number of aliphatic hydroxyl groups excluding tert-OH is 1. The number of hydrogen-bond acceptors (Lipinski definition) is 6. The van der Waals surface area contributed by atoms with Gasteiger partial charge in [-0.2, -0.15) is 13.2 Å². The molecule has 2 aliphatic heterocycles. The summed E-state index contributed by atoms with van der Waals surface area (Å²) in [6.07, 6.45) is -3.24. The lowest BCUT2D eigenvalue weighted by molar-refractivity contribution is -0.252. The number of nitrogens with one attached hydrogen (secondary N) is 1. The Morgan fingerprint density at radius 3 is 2.43 bits per heavy atom. The summed E-state index contributed by atoms with van der Waals surface area (Å²) in [5, 5.41) is 12.3. The molecule has 264 valence electrons. The van der Waals surface area contributed by atoms with Gasteiger partial charge >= 0.3 is 12.1 Å². The van der Waals surface area contributed by atoms with Gasteiger partial charge in [0.2, 0.25) is 5.91 Å². The standard InChI is InChI=1S/C39H37F3N4O5/c40-39(41,42)38(49)46-17-5-12-34(46)36(48)43-21-26-6-3-7-28(18-26)29-8-4-9-30(19-29)37-50-31(22-45-24-44-32-10-1-2-11-33(32)45)20-35(51-37)27-15-13-25(23-47)14-16-27/h1-4,6-11,13-16,18-19,24,31,34-35,37,47H,5,12,17,20-23H2,(H,43,48)/t31-,34+,35+,37+/m1/s1. The van der Waals surface area contributed by atoms with Crippen LogP contribution in [0, 0.1) is 0 Å². The Morgan fingerprint density at radius 1 is 0.882 bits per heavy atom. The molecule has 4 aromatic carbocycles. The zero-order valence-corrected chi connectivity index (χ0v) is 27.6. The molecule has 5 aromatic rings. The van der Waals surface area contributed by atoms with Crippen molar-refractivity contribution in [3.8, 4) is 11.1 Å². The van der Waals surface area contributed by atoms with Crippen molar-refractivity contribution < 1.29 is 37.3 Å². The number of imidazole rings is 1. The van der Waals surface area contributed by atoms with E-state index in [1.807, 2.05) is 103 Å². The summed E-state index contributed by atoms with van der Waals surface area (Å²) in [6.45, 7) is 0.514. The lowest BCUT2D eigenvalue weighted by Crippen LogP contribution is -2.50. The maximum absolute atomic E-state index is 13.1. The molecule has 0 radical (unpaired) electrons. The zero-order valence-electron chi connectivity index (χ0n) is 27.6. The van der Waals surface area contributed by atoms with Crippen LogP contribution in [0.5, 0.6) is 0 Å². The molecular formula is C39H37F3N4O5. The van der Waals surface area contributed by atoms with Gasteiger partial charge < -0.3 is 29.4 Å². The monoisotopic (exact) mass is 698 g/mol. The third kappa shape index (κ3) is 7.68. The molecule has 2 amide bonds. The number of para-hydroxylation sites is 2. The van der Waals surface area contributed by atoms with Crippen LogP contribution in [-0.4, -0.2) is 56.2 Å². The quantitative estimate of drug-likeness (QED) is 0.180. The number of benzene rings is 4. The lowest BCUT2D eigenvalue weighted by atomic mass is 9.98. The number of amides is 2. The van der Waals surface area contributed by atoms with Gasteiger partial charge in [0.1, 0.15) is 6.04 Å². The highest BCUT2D eigenvalue weighted by Crippen LogP contribution is 2.39. The Balaban J connectivity index is 1.08. The molecule has 0 bridgehead atoms. The molecule has 2 N–H and O–H groups in total. The van der Waals surface area contributed by atoms with Gasteiger partial charge in [0.15, 0.2) is 6.29 Å². The number of carbonyl (C=O) groups is 2.